The summed E-state index contributed by atoms with van der Waals surface area (Å²) in [6.07, 6.45) is 1.86. The van der Waals surface area contributed by atoms with Crippen LogP contribution in [0.15, 0.2) is 6.20 Å². The van der Waals surface area contributed by atoms with E-state index in [1.54, 1.807) is 0 Å². The number of nitrogens with zero attached hydrogens (tertiary/aromatic N) is 4. The van der Waals surface area contributed by atoms with Crippen LogP contribution < -0.4 is 0 Å². The zero-order valence-electron chi connectivity index (χ0n) is 5.57. The number of hydrogen-bond acceptors (Lipinski definition) is 3. The number of aryl methyl sites for hydroxylation is 1. The lowest BCUT2D eigenvalue weighted by Crippen LogP contribution is -1.93. The molecule has 10 heavy (non-hydrogen) atoms. The van der Waals surface area contributed by atoms with Crippen molar-refractivity contribution < 1.29 is 0 Å². The van der Waals surface area contributed by atoms with Gasteiger partial charge in [-0.3, -0.25) is 4.68 Å². The van der Waals surface area contributed by atoms with Gasteiger partial charge in [0.25, 0.3) is 0 Å². The molecule has 0 unspecified atom stereocenters. The van der Waals surface area contributed by atoms with Crippen LogP contribution in [0.4, 0.5) is 0 Å². The van der Waals surface area contributed by atoms with Gasteiger partial charge in [-0.15, -0.1) is 5.10 Å². The topological polar surface area (TPSA) is 59.4 Å². The minimum Gasteiger partial charge on any atom is -0.269 e. The second-order valence-corrected chi connectivity index (χ2v) is 2.03. The molecule has 1 N–H and O–H groups in total. The van der Waals surface area contributed by atoms with E-state index in [0.29, 0.717) is 0 Å². The largest absolute Gasteiger partial charge is 0.269 e. The molecule has 0 aliphatic carbocycles. The highest BCUT2D eigenvalue weighted by atomic mass is 15.4. The first-order valence-corrected chi connectivity index (χ1v) is 3.14. The first-order valence-electron chi connectivity index (χ1n) is 3.14. The Balaban J connectivity index is 2.67. The molecule has 5 nitrogen and oxygen atoms in total. The van der Waals surface area contributed by atoms with E-state index < -0.39 is 0 Å². The lowest BCUT2D eigenvalue weighted by molar-refractivity contribution is 0.661. The molecule has 0 atom stereocenters. The predicted molar refractivity (Wildman–Crippen MR) is 35.3 cm³/mol. The molecular weight excluding hydrogens is 130 g/mol. The molecule has 2 aromatic rings. The quantitative estimate of drug-likeness (QED) is 0.609. The molecule has 2 heterocycles. The summed E-state index contributed by atoms with van der Waals surface area (Å²) in [6.45, 7) is 2.89. The van der Waals surface area contributed by atoms with Gasteiger partial charge in [0.2, 0.25) is 0 Å². The summed E-state index contributed by atoms with van der Waals surface area (Å²) in [4.78, 5) is 0. The Hall–Kier alpha value is -1.39. The zero-order valence-corrected chi connectivity index (χ0v) is 5.57. The van der Waals surface area contributed by atoms with Crippen molar-refractivity contribution in [3.05, 3.63) is 6.20 Å². The fourth-order valence-electron chi connectivity index (χ4n) is 0.852. The minimum absolute atomic E-state index is 0.752. The van der Waals surface area contributed by atoms with Crippen molar-refractivity contribution in [1.82, 2.24) is 25.2 Å². The Morgan fingerprint density at radius 3 is 3.30 bits per heavy atom. The van der Waals surface area contributed by atoms with Gasteiger partial charge in [-0.2, -0.15) is 5.10 Å². The molecule has 0 amide bonds. The number of rotatable bonds is 1. The van der Waals surface area contributed by atoms with E-state index in [1.807, 2.05) is 17.8 Å². The molecule has 0 aliphatic rings. The van der Waals surface area contributed by atoms with Crippen molar-refractivity contribution in [3.8, 4) is 0 Å². The minimum atomic E-state index is 0.752. The molecule has 0 fully saturated rings. The van der Waals surface area contributed by atoms with E-state index in [0.717, 1.165) is 17.7 Å². The summed E-state index contributed by atoms with van der Waals surface area (Å²) < 4.78 is 1.82. The first-order chi connectivity index (χ1) is 4.90. The molecule has 52 valence electrons. The van der Waals surface area contributed by atoms with Crippen LogP contribution in [0.5, 0.6) is 0 Å². The summed E-state index contributed by atoms with van der Waals surface area (Å²) >= 11 is 0. The van der Waals surface area contributed by atoms with Gasteiger partial charge in [-0.05, 0) is 6.92 Å². The average molecular weight is 137 g/mol. The summed E-state index contributed by atoms with van der Waals surface area (Å²) in [5, 5.41) is 14.2. The van der Waals surface area contributed by atoms with Crippen molar-refractivity contribution in [1.29, 1.82) is 0 Å². The second kappa shape index (κ2) is 1.80. The number of aromatic amines is 1. The van der Waals surface area contributed by atoms with Gasteiger partial charge < -0.3 is 0 Å². The molecule has 0 aromatic carbocycles. The van der Waals surface area contributed by atoms with Gasteiger partial charge in [0.15, 0.2) is 11.2 Å². The molecule has 0 aliphatic heterocycles. The van der Waals surface area contributed by atoms with E-state index in [1.165, 1.54) is 0 Å². The summed E-state index contributed by atoms with van der Waals surface area (Å²) in [7, 11) is 0. The molecular formula is C5H7N5. The maximum absolute atomic E-state index is 4.13. The van der Waals surface area contributed by atoms with Gasteiger partial charge in [0.05, 0.1) is 6.20 Å². The van der Waals surface area contributed by atoms with Crippen molar-refractivity contribution in [2.45, 2.75) is 13.5 Å². The molecule has 0 bridgehead atoms. The Kier molecular flexibility index (Phi) is 0.969. The van der Waals surface area contributed by atoms with E-state index in [-0.39, 0.29) is 0 Å². The predicted octanol–water partition coefficient (Wildman–Crippen LogP) is 0.174. The van der Waals surface area contributed by atoms with Gasteiger partial charge in [-0.1, -0.05) is 5.21 Å². The van der Waals surface area contributed by atoms with Crippen LogP contribution in [0.1, 0.15) is 6.92 Å². The highest BCUT2D eigenvalue weighted by Crippen LogP contribution is 2.02. The monoisotopic (exact) mass is 137 g/mol. The molecule has 0 radical (unpaired) electrons. The van der Waals surface area contributed by atoms with Crippen LogP contribution in [-0.4, -0.2) is 25.2 Å². The van der Waals surface area contributed by atoms with Crippen LogP contribution >= 0.6 is 0 Å². The Morgan fingerprint density at radius 2 is 2.60 bits per heavy atom. The van der Waals surface area contributed by atoms with Gasteiger partial charge in [0, 0.05) is 6.54 Å². The third-order valence-electron chi connectivity index (χ3n) is 1.38. The maximum Gasteiger partial charge on any atom is 0.197 e. The summed E-state index contributed by atoms with van der Waals surface area (Å²) in [5.41, 5.74) is 1.57. The normalized spacial score (nSPS) is 10.9. The van der Waals surface area contributed by atoms with E-state index in [4.69, 9.17) is 0 Å². The fraction of sp³-hybridized carbons (Fsp3) is 0.400. The molecule has 0 saturated heterocycles. The van der Waals surface area contributed by atoms with Gasteiger partial charge >= 0.3 is 0 Å². The fourth-order valence-corrected chi connectivity index (χ4v) is 0.852. The second-order valence-electron chi connectivity index (χ2n) is 2.03. The third-order valence-corrected chi connectivity index (χ3v) is 1.38. The Bertz CT molecular complexity index is 304. The SMILES string of the molecule is CCn1cc2nn[nH]c2n1. The zero-order chi connectivity index (χ0) is 6.97. The van der Waals surface area contributed by atoms with Crippen LogP contribution in [0.3, 0.4) is 0 Å². The number of aromatic nitrogens is 5. The lowest BCUT2D eigenvalue weighted by atomic mass is 10.6. The van der Waals surface area contributed by atoms with Crippen molar-refractivity contribution >= 4 is 11.2 Å². The Labute approximate surface area is 57.0 Å². The van der Waals surface area contributed by atoms with Crippen molar-refractivity contribution in [3.63, 3.8) is 0 Å². The number of fused-ring (bicyclic) bond motifs is 1. The summed E-state index contributed by atoms with van der Waals surface area (Å²) in [5.74, 6) is 0. The van der Waals surface area contributed by atoms with Gasteiger partial charge in [-0.25, -0.2) is 5.10 Å². The Morgan fingerprint density at radius 1 is 1.70 bits per heavy atom. The summed E-state index contributed by atoms with van der Waals surface area (Å²) in [6, 6.07) is 0. The highest BCUT2D eigenvalue weighted by molar-refractivity contribution is 5.67. The van der Waals surface area contributed by atoms with Crippen LogP contribution in [0, 0.1) is 0 Å². The standard InChI is InChI=1S/C5H7N5/c1-2-10-3-4-5(8-10)7-9-6-4/h3H,2H2,1H3,(H,6,7,8). The van der Waals surface area contributed by atoms with E-state index in [9.17, 15) is 0 Å². The smallest absolute Gasteiger partial charge is 0.197 e. The maximum atomic E-state index is 4.13. The van der Waals surface area contributed by atoms with Gasteiger partial charge in [0.1, 0.15) is 0 Å². The molecule has 5 heteroatoms. The third kappa shape index (κ3) is 0.601. The number of hydrogen-bond donors (Lipinski definition) is 1. The van der Waals surface area contributed by atoms with E-state index in [2.05, 4.69) is 20.5 Å². The van der Waals surface area contributed by atoms with Crippen molar-refractivity contribution in [2.75, 3.05) is 0 Å². The number of H-pyrrole nitrogens is 1. The number of nitrogens with one attached hydrogen (secondary N) is 1. The molecule has 2 rings (SSSR count). The van der Waals surface area contributed by atoms with Crippen molar-refractivity contribution in [2.24, 2.45) is 0 Å². The highest BCUT2D eigenvalue weighted by Gasteiger charge is 2.00. The van der Waals surface area contributed by atoms with Crippen LogP contribution in [-0.2, 0) is 6.54 Å². The molecule has 2 aromatic heterocycles. The van der Waals surface area contributed by atoms with Crippen LogP contribution in [0.2, 0.25) is 0 Å². The average Bonchev–Trinajstić information content (AvgIpc) is 2.42. The first kappa shape index (κ1) is 5.40. The lowest BCUT2D eigenvalue weighted by Gasteiger charge is -1.88. The van der Waals surface area contributed by atoms with E-state index >= 15 is 0 Å². The van der Waals surface area contributed by atoms with Crippen LogP contribution in [0.25, 0.3) is 11.2 Å². The molecule has 0 spiro atoms. The molecule has 0 saturated carbocycles.